The third-order valence-electron chi connectivity index (χ3n) is 3.40. The molecule has 1 amide bonds. The number of nitrogens with zero attached hydrogens (tertiary/aromatic N) is 2. The Morgan fingerprint density at radius 1 is 1.35 bits per heavy atom. The van der Waals surface area contributed by atoms with Crippen molar-refractivity contribution in [3.63, 3.8) is 0 Å². The van der Waals surface area contributed by atoms with Crippen LogP contribution >= 0.6 is 0 Å². The first-order valence-electron chi connectivity index (χ1n) is 6.28. The van der Waals surface area contributed by atoms with Crippen molar-refractivity contribution >= 4 is 11.7 Å². The fourth-order valence-corrected chi connectivity index (χ4v) is 2.39. The highest BCUT2D eigenvalue weighted by atomic mass is 19.1. The number of halogens is 2. The van der Waals surface area contributed by atoms with Gasteiger partial charge in [0, 0.05) is 6.54 Å². The summed E-state index contributed by atoms with van der Waals surface area (Å²) in [6.45, 7) is 0.313. The van der Waals surface area contributed by atoms with E-state index in [1.807, 2.05) is 0 Å². The van der Waals surface area contributed by atoms with Crippen LogP contribution in [0.3, 0.4) is 0 Å². The lowest BCUT2D eigenvalue weighted by molar-refractivity contribution is 0.0666. The van der Waals surface area contributed by atoms with Crippen molar-refractivity contribution in [3.05, 3.63) is 35.4 Å². The summed E-state index contributed by atoms with van der Waals surface area (Å²) in [6, 6.07) is 2.61. The minimum atomic E-state index is -0.918. The van der Waals surface area contributed by atoms with E-state index in [-0.39, 0.29) is 5.84 Å². The van der Waals surface area contributed by atoms with Crippen LogP contribution in [0.1, 0.15) is 29.6 Å². The Bertz CT molecular complexity index is 528. The maximum absolute atomic E-state index is 13.7. The number of benzene rings is 1. The third-order valence-corrected chi connectivity index (χ3v) is 3.40. The highest BCUT2D eigenvalue weighted by Gasteiger charge is 2.32. The normalized spacial score (nSPS) is 20.0. The zero-order valence-corrected chi connectivity index (χ0v) is 10.7. The lowest BCUT2D eigenvalue weighted by atomic mass is 9.99. The van der Waals surface area contributed by atoms with Gasteiger partial charge in [0.05, 0.1) is 6.04 Å². The Labute approximate surface area is 114 Å². The molecule has 0 saturated carbocycles. The van der Waals surface area contributed by atoms with E-state index in [0.717, 1.165) is 18.6 Å². The van der Waals surface area contributed by atoms with Crippen molar-refractivity contribution in [2.24, 2.45) is 10.9 Å². The van der Waals surface area contributed by atoms with E-state index >= 15 is 0 Å². The van der Waals surface area contributed by atoms with Gasteiger partial charge in [-0.25, -0.2) is 8.78 Å². The molecule has 0 aromatic heterocycles. The van der Waals surface area contributed by atoms with E-state index in [2.05, 4.69) is 5.16 Å². The summed E-state index contributed by atoms with van der Waals surface area (Å²) in [4.78, 5) is 13.6. The van der Waals surface area contributed by atoms with Crippen molar-refractivity contribution in [1.82, 2.24) is 4.90 Å². The van der Waals surface area contributed by atoms with Crippen LogP contribution < -0.4 is 5.73 Å². The smallest absolute Gasteiger partial charge is 0.260 e. The maximum atomic E-state index is 13.7. The van der Waals surface area contributed by atoms with Crippen LogP contribution in [-0.4, -0.2) is 34.4 Å². The molecule has 0 spiro atoms. The molecule has 20 heavy (non-hydrogen) atoms. The maximum Gasteiger partial charge on any atom is 0.260 e. The van der Waals surface area contributed by atoms with E-state index in [0.29, 0.717) is 19.4 Å². The van der Waals surface area contributed by atoms with Gasteiger partial charge in [-0.15, -0.1) is 0 Å². The van der Waals surface area contributed by atoms with Crippen LogP contribution in [0.5, 0.6) is 0 Å². The van der Waals surface area contributed by atoms with Gasteiger partial charge >= 0.3 is 0 Å². The molecule has 1 aromatic rings. The lowest BCUT2D eigenvalue weighted by Crippen LogP contribution is -2.51. The predicted molar refractivity (Wildman–Crippen MR) is 68.4 cm³/mol. The Balaban J connectivity index is 2.35. The van der Waals surface area contributed by atoms with Gasteiger partial charge in [-0.3, -0.25) is 4.79 Å². The first-order valence-corrected chi connectivity index (χ1v) is 6.28. The number of hydrogen-bond donors (Lipinski definition) is 2. The minimum absolute atomic E-state index is 0.130. The number of oxime groups is 1. The molecule has 0 bridgehead atoms. The molecular weight excluding hydrogens is 268 g/mol. The second kappa shape index (κ2) is 5.85. The van der Waals surface area contributed by atoms with Crippen molar-refractivity contribution in [2.45, 2.75) is 25.3 Å². The van der Waals surface area contributed by atoms with Gasteiger partial charge in [-0.1, -0.05) is 11.2 Å². The summed E-state index contributed by atoms with van der Waals surface area (Å²) >= 11 is 0. The van der Waals surface area contributed by atoms with Gasteiger partial charge in [0.1, 0.15) is 17.2 Å². The Morgan fingerprint density at radius 2 is 2.00 bits per heavy atom. The molecular formula is C13H15F2N3O2. The third kappa shape index (κ3) is 2.56. The predicted octanol–water partition coefficient (Wildman–Crippen LogP) is 1.71. The summed E-state index contributed by atoms with van der Waals surface area (Å²) in [5, 5.41) is 11.6. The number of amides is 1. The van der Waals surface area contributed by atoms with E-state index in [9.17, 15) is 13.6 Å². The van der Waals surface area contributed by atoms with E-state index < -0.39 is 29.1 Å². The van der Waals surface area contributed by atoms with E-state index in [1.165, 1.54) is 11.0 Å². The molecule has 2 rings (SSSR count). The van der Waals surface area contributed by atoms with Gasteiger partial charge in [-0.2, -0.15) is 0 Å². The first kappa shape index (κ1) is 14.2. The van der Waals surface area contributed by atoms with Gasteiger partial charge in [0.25, 0.3) is 5.91 Å². The van der Waals surface area contributed by atoms with Crippen LogP contribution in [0.25, 0.3) is 0 Å². The van der Waals surface area contributed by atoms with Crippen LogP contribution in [-0.2, 0) is 0 Å². The Morgan fingerprint density at radius 3 is 2.60 bits per heavy atom. The molecule has 1 fully saturated rings. The first-order chi connectivity index (χ1) is 9.56. The summed E-state index contributed by atoms with van der Waals surface area (Å²) in [5.41, 5.74) is 4.94. The molecule has 7 heteroatoms. The molecule has 108 valence electrons. The zero-order chi connectivity index (χ0) is 14.7. The molecule has 5 nitrogen and oxygen atoms in total. The highest BCUT2D eigenvalue weighted by Crippen LogP contribution is 2.22. The molecule has 0 aliphatic carbocycles. The standard InChI is InChI=1S/C13H15F2N3O2/c14-8-4-3-5-9(15)11(8)13(19)18-7-2-1-6-10(18)12(16)17-20/h3-5,10,20H,1-2,6-7H2,(H2,16,17). The molecule has 1 heterocycles. The number of likely N-dealkylation sites (tertiary alicyclic amines) is 1. The number of nitrogens with two attached hydrogens (primary N) is 1. The molecule has 0 radical (unpaired) electrons. The molecule has 1 saturated heterocycles. The summed E-state index contributed by atoms with van der Waals surface area (Å²) in [5.74, 6) is -2.75. The molecule has 1 aliphatic heterocycles. The second-order valence-corrected chi connectivity index (χ2v) is 4.63. The summed E-state index contributed by atoms with van der Waals surface area (Å²) in [7, 11) is 0. The molecule has 1 unspecified atom stereocenters. The van der Waals surface area contributed by atoms with Gasteiger partial charge in [-0.05, 0) is 31.4 Å². The number of rotatable bonds is 2. The van der Waals surface area contributed by atoms with Crippen molar-refractivity contribution in [1.29, 1.82) is 0 Å². The van der Waals surface area contributed by atoms with Crippen molar-refractivity contribution < 1.29 is 18.8 Å². The second-order valence-electron chi connectivity index (χ2n) is 4.63. The SMILES string of the molecule is NC(=NO)C1CCCCN1C(=O)c1c(F)cccc1F. The highest BCUT2D eigenvalue weighted by molar-refractivity contribution is 5.98. The van der Waals surface area contributed by atoms with Gasteiger partial charge < -0.3 is 15.8 Å². The van der Waals surface area contributed by atoms with Crippen LogP contribution in [0.2, 0.25) is 0 Å². The number of hydrogen-bond acceptors (Lipinski definition) is 3. The fourth-order valence-electron chi connectivity index (χ4n) is 2.39. The lowest BCUT2D eigenvalue weighted by Gasteiger charge is -2.34. The van der Waals surface area contributed by atoms with Crippen molar-refractivity contribution in [3.8, 4) is 0 Å². The molecule has 1 aromatic carbocycles. The number of carbonyl (C=O) groups excluding carboxylic acids is 1. The molecule has 3 N–H and O–H groups in total. The Hall–Kier alpha value is -2.18. The fraction of sp³-hybridized carbons (Fsp3) is 0.385. The molecule has 1 atom stereocenters. The van der Waals surface area contributed by atoms with Gasteiger partial charge in [0.15, 0.2) is 5.84 Å². The number of carbonyl (C=O) groups is 1. The van der Waals surface area contributed by atoms with Gasteiger partial charge in [0.2, 0.25) is 0 Å². The average molecular weight is 283 g/mol. The monoisotopic (exact) mass is 283 g/mol. The minimum Gasteiger partial charge on any atom is -0.409 e. The number of piperidine rings is 1. The van der Waals surface area contributed by atoms with E-state index in [4.69, 9.17) is 10.9 Å². The average Bonchev–Trinajstić information content (AvgIpc) is 2.46. The zero-order valence-electron chi connectivity index (χ0n) is 10.7. The number of amidine groups is 1. The van der Waals surface area contributed by atoms with Crippen LogP contribution in [0.4, 0.5) is 8.78 Å². The summed E-state index contributed by atoms with van der Waals surface area (Å²) < 4.78 is 27.3. The quantitative estimate of drug-likeness (QED) is 0.375. The van der Waals surface area contributed by atoms with E-state index in [1.54, 1.807) is 0 Å². The summed E-state index contributed by atoms with van der Waals surface area (Å²) in [6.07, 6.45) is 2.00. The topological polar surface area (TPSA) is 78.9 Å². The largest absolute Gasteiger partial charge is 0.409 e. The van der Waals surface area contributed by atoms with Crippen LogP contribution in [0.15, 0.2) is 23.4 Å². The van der Waals surface area contributed by atoms with Crippen LogP contribution in [0, 0.1) is 11.6 Å². The Kier molecular flexibility index (Phi) is 4.16. The van der Waals surface area contributed by atoms with Crippen molar-refractivity contribution in [2.75, 3.05) is 6.54 Å². The molecule has 1 aliphatic rings.